The summed E-state index contributed by atoms with van der Waals surface area (Å²) in [4.78, 5) is 0. The molecule has 0 bridgehead atoms. The minimum Gasteiger partial charge on any atom is -0.390 e. The Morgan fingerprint density at radius 1 is 1.57 bits per heavy atom. The summed E-state index contributed by atoms with van der Waals surface area (Å²) in [7, 11) is 0. The van der Waals surface area contributed by atoms with Gasteiger partial charge in [-0.15, -0.1) is 0 Å². The Bertz CT molecular complexity index is 295. The van der Waals surface area contributed by atoms with Gasteiger partial charge in [0.15, 0.2) is 0 Å². The summed E-state index contributed by atoms with van der Waals surface area (Å²) >= 11 is 0. The molecule has 1 fully saturated rings. The van der Waals surface area contributed by atoms with Crippen molar-refractivity contribution in [3.8, 4) is 0 Å². The highest BCUT2D eigenvalue weighted by Gasteiger charge is 2.22. The molecule has 1 aliphatic heterocycles. The van der Waals surface area contributed by atoms with Crippen molar-refractivity contribution in [2.75, 3.05) is 0 Å². The van der Waals surface area contributed by atoms with Crippen LogP contribution in [0.2, 0.25) is 0 Å². The third-order valence-corrected chi connectivity index (χ3v) is 2.81. The van der Waals surface area contributed by atoms with Crippen molar-refractivity contribution < 1.29 is 9.84 Å². The Morgan fingerprint density at radius 2 is 2.43 bits per heavy atom. The average Bonchev–Trinajstić information content (AvgIpc) is 2.76. The highest BCUT2D eigenvalue weighted by atomic mass is 16.5. The van der Waals surface area contributed by atoms with Gasteiger partial charge in [0.05, 0.1) is 18.8 Å². The van der Waals surface area contributed by atoms with E-state index in [1.165, 1.54) is 0 Å². The van der Waals surface area contributed by atoms with Gasteiger partial charge in [-0.3, -0.25) is 0 Å². The molecule has 0 radical (unpaired) electrons. The number of nitrogens with zero attached hydrogens (tertiary/aromatic N) is 1. The van der Waals surface area contributed by atoms with Crippen LogP contribution in [0.5, 0.6) is 0 Å². The van der Waals surface area contributed by atoms with Crippen LogP contribution in [0.15, 0.2) is 18.3 Å². The Hall–Kier alpha value is -0.800. The third-order valence-electron chi connectivity index (χ3n) is 2.81. The SMILES string of the molecule is CC1CCC(Cn2cccc2CO)O1. The van der Waals surface area contributed by atoms with Crippen molar-refractivity contribution in [3.63, 3.8) is 0 Å². The van der Waals surface area contributed by atoms with Gasteiger partial charge in [-0.1, -0.05) is 0 Å². The molecule has 2 atom stereocenters. The van der Waals surface area contributed by atoms with E-state index in [4.69, 9.17) is 9.84 Å². The van der Waals surface area contributed by atoms with Crippen molar-refractivity contribution >= 4 is 0 Å². The third kappa shape index (κ3) is 1.99. The maximum absolute atomic E-state index is 9.07. The van der Waals surface area contributed by atoms with Crippen molar-refractivity contribution in [1.29, 1.82) is 0 Å². The van der Waals surface area contributed by atoms with Crippen LogP contribution in [0.1, 0.15) is 25.5 Å². The molecule has 14 heavy (non-hydrogen) atoms. The molecule has 0 saturated carbocycles. The standard InChI is InChI=1S/C11H17NO2/c1-9-4-5-11(14-9)7-12-6-2-3-10(12)8-13/h2-3,6,9,11,13H,4-5,7-8H2,1H3. The van der Waals surface area contributed by atoms with Crippen molar-refractivity contribution in [2.24, 2.45) is 0 Å². The van der Waals surface area contributed by atoms with Crippen LogP contribution in [0.4, 0.5) is 0 Å². The molecule has 78 valence electrons. The lowest BCUT2D eigenvalue weighted by atomic mass is 10.2. The van der Waals surface area contributed by atoms with Gasteiger partial charge in [0.25, 0.3) is 0 Å². The first-order chi connectivity index (χ1) is 6.79. The summed E-state index contributed by atoms with van der Waals surface area (Å²) in [6, 6.07) is 3.91. The van der Waals surface area contributed by atoms with E-state index in [9.17, 15) is 0 Å². The van der Waals surface area contributed by atoms with Crippen molar-refractivity contribution in [2.45, 2.75) is 45.1 Å². The second-order valence-corrected chi connectivity index (χ2v) is 3.96. The zero-order valence-corrected chi connectivity index (χ0v) is 8.52. The minimum atomic E-state index is 0.106. The fourth-order valence-electron chi connectivity index (χ4n) is 2.01. The topological polar surface area (TPSA) is 34.4 Å². The number of aromatic nitrogens is 1. The number of hydrogen-bond donors (Lipinski definition) is 1. The largest absolute Gasteiger partial charge is 0.390 e. The molecule has 2 rings (SSSR count). The van der Waals surface area contributed by atoms with E-state index < -0.39 is 0 Å². The quantitative estimate of drug-likeness (QED) is 0.794. The molecule has 0 amide bonds. The molecule has 1 aromatic rings. The zero-order chi connectivity index (χ0) is 9.97. The lowest BCUT2D eigenvalue weighted by molar-refractivity contribution is 0.0448. The van der Waals surface area contributed by atoms with E-state index in [1.807, 2.05) is 18.3 Å². The van der Waals surface area contributed by atoms with E-state index in [0.717, 1.165) is 25.1 Å². The highest BCUT2D eigenvalue weighted by molar-refractivity contribution is 5.06. The molecule has 0 spiro atoms. The predicted octanol–water partition coefficient (Wildman–Crippen LogP) is 1.55. The molecule has 2 unspecified atom stereocenters. The van der Waals surface area contributed by atoms with E-state index in [0.29, 0.717) is 12.2 Å². The maximum Gasteiger partial charge on any atom is 0.0832 e. The van der Waals surface area contributed by atoms with Crippen molar-refractivity contribution in [1.82, 2.24) is 4.57 Å². The second kappa shape index (κ2) is 4.15. The van der Waals surface area contributed by atoms with Gasteiger partial charge in [-0.25, -0.2) is 0 Å². The van der Waals surface area contributed by atoms with E-state index in [1.54, 1.807) is 0 Å². The number of aliphatic hydroxyl groups excluding tert-OH is 1. The predicted molar refractivity (Wildman–Crippen MR) is 53.9 cm³/mol. The zero-order valence-electron chi connectivity index (χ0n) is 8.52. The van der Waals surface area contributed by atoms with Gasteiger partial charge >= 0.3 is 0 Å². The first kappa shape index (κ1) is 9.74. The summed E-state index contributed by atoms with van der Waals surface area (Å²) in [5, 5.41) is 9.07. The molecule has 0 aliphatic carbocycles. The smallest absolute Gasteiger partial charge is 0.0832 e. The summed E-state index contributed by atoms with van der Waals surface area (Å²) in [6.45, 7) is 3.09. The maximum atomic E-state index is 9.07. The van der Waals surface area contributed by atoms with Crippen LogP contribution in [0.25, 0.3) is 0 Å². The van der Waals surface area contributed by atoms with Crippen LogP contribution in [-0.4, -0.2) is 21.9 Å². The lowest BCUT2D eigenvalue weighted by Gasteiger charge is -2.14. The number of rotatable bonds is 3. The Balaban J connectivity index is 1.97. The summed E-state index contributed by atoms with van der Waals surface area (Å²) < 4.78 is 7.80. The monoisotopic (exact) mass is 195 g/mol. The second-order valence-electron chi connectivity index (χ2n) is 3.96. The summed E-state index contributed by atoms with van der Waals surface area (Å²) in [6.07, 6.45) is 5.00. The Morgan fingerprint density at radius 3 is 3.07 bits per heavy atom. The normalized spacial score (nSPS) is 27.0. The van der Waals surface area contributed by atoms with Gasteiger partial charge in [0.2, 0.25) is 0 Å². The summed E-state index contributed by atoms with van der Waals surface area (Å²) in [5.41, 5.74) is 0.966. The minimum absolute atomic E-state index is 0.106. The fraction of sp³-hybridized carbons (Fsp3) is 0.636. The number of aliphatic hydroxyl groups is 1. The van der Waals surface area contributed by atoms with Gasteiger partial charge < -0.3 is 14.4 Å². The van der Waals surface area contributed by atoms with Gasteiger partial charge in [-0.05, 0) is 31.9 Å². The molecule has 1 saturated heterocycles. The van der Waals surface area contributed by atoms with E-state index in [-0.39, 0.29) is 6.61 Å². The summed E-state index contributed by atoms with van der Waals surface area (Å²) in [5.74, 6) is 0. The molecule has 3 nitrogen and oxygen atoms in total. The number of ether oxygens (including phenoxy) is 1. The molecule has 0 aromatic carbocycles. The molecule has 1 aliphatic rings. The van der Waals surface area contributed by atoms with E-state index in [2.05, 4.69) is 11.5 Å². The Labute approximate surface area is 84.3 Å². The van der Waals surface area contributed by atoms with Crippen LogP contribution >= 0.6 is 0 Å². The lowest BCUT2D eigenvalue weighted by Crippen LogP contribution is -2.17. The first-order valence-corrected chi connectivity index (χ1v) is 5.20. The molecule has 1 aromatic heterocycles. The molecular weight excluding hydrogens is 178 g/mol. The fourth-order valence-corrected chi connectivity index (χ4v) is 2.01. The molecule has 2 heterocycles. The van der Waals surface area contributed by atoms with Crippen LogP contribution in [0.3, 0.4) is 0 Å². The highest BCUT2D eigenvalue weighted by Crippen LogP contribution is 2.21. The van der Waals surface area contributed by atoms with Crippen LogP contribution < -0.4 is 0 Å². The van der Waals surface area contributed by atoms with Crippen LogP contribution in [-0.2, 0) is 17.9 Å². The Kier molecular flexibility index (Phi) is 2.89. The van der Waals surface area contributed by atoms with E-state index >= 15 is 0 Å². The van der Waals surface area contributed by atoms with Gasteiger partial charge in [0.1, 0.15) is 0 Å². The van der Waals surface area contributed by atoms with Crippen molar-refractivity contribution in [3.05, 3.63) is 24.0 Å². The first-order valence-electron chi connectivity index (χ1n) is 5.20. The van der Waals surface area contributed by atoms with Gasteiger partial charge in [0, 0.05) is 18.4 Å². The molecule has 3 heteroatoms. The van der Waals surface area contributed by atoms with Crippen LogP contribution in [0, 0.1) is 0 Å². The molecule has 1 N–H and O–H groups in total. The average molecular weight is 195 g/mol. The van der Waals surface area contributed by atoms with Gasteiger partial charge in [-0.2, -0.15) is 0 Å². The number of hydrogen-bond acceptors (Lipinski definition) is 2. The molecular formula is C11H17NO2.